The number of esters is 1. The van der Waals surface area contributed by atoms with Crippen LogP contribution in [0.25, 0.3) is 0 Å². The van der Waals surface area contributed by atoms with Gasteiger partial charge in [-0.15, -0.1) is 11.3 Å². The molecule has 1 aromatic carbocycles. The molecule has 3 rings (SSSR count). The van der Waals surface area contributed by atoms with Gasteiger partial charge in [0.2, 0.25) is 0 Å². The van der Waals surface area contributed by atoms with Gasteiger partial charge in [-0.05, 0) is 48.3 Å². The van der Waals surface area contributed by atoms with Gasteiger partial charge in [0.25, 0.3) is 5.91 Å². The maximum atomic E-state index is 13.2. The predicted octanol–water partition coefficient (Wildman–Crippen LogP) is 4.96. The minimum Gasteiger partial charge on any atom is -0.496 e. The van der Waals surface area contributed by atoms with Gasteiger partial charge < -0.3 is 19.5 Å². The second-order valence-corrected chi connectivity index (χ2v) is 9.60. The normalized spacial score (nSPS) is 15.9. The fraction of sp³-hybridized carbons (Fsp3) is 0.478. The average Bonchev–Trinajstić information content (AvgIpc) is 3.08. The Hall–Kier alpha value is -2.54. The summed E-state index contributed by atoms with van der Waals surface area (Å²) in [5, 5.41) is 3.43. The highest BCUT2D eigenvalue weighted by atomic mass is 32.1. The van der Waals surface area contributed by atoms with E-state index in [-0.39, 0.29) is 16.9 Å². The van der Waals surface area contributed by atoms with E-state index in [2.05, 4.69) is 26.1 Å². The van der Waals surface area contributed by atoms with Crippen LogP contribution in [-0.4, -0.2) is 33.2 Å². The molecular formula is C23H29NO5S. The smallest absolute Gasteiger partial charge is 0.341 e. The van der Waals surface area contributed by atoms with Gasteiger partial charge in [0.05, 0.1) is 26.9 Å². The number of thiophene rings is 1. The van der Waals surface area contributed by atoms with Gasteiger partial charge in [0, 0.05) is 4.88 Å². The summed E-state index contributed by atoms with van der Waals surface area (Å²) >= 11 is 1.46. The molecule has 6 nitrogen and oxygen atoms in total. The molecule has 0 radical (unpaired) electrons. The van der Waals surface area contributed by atoms with Crippen molar-refractivity contribution in [3.05, 3.63) is 39.8 Å². The number of hydrogen-bond acceptors (Lipinski definition) is 6. The first-order valence-corrected chi connectivity index (χ1v) is 10.8. The molecule has 0 bridgehead atoms. The quantitative estimate of drug-likeness (QED) is 0.678. The Morgan fingerprint density at radius 1 is 1.07 bits per heavy atom. The molecule has 162 valence electrons. The van der Waals surface area contributed by atoms with Gasteiger partial charge in [0.15, 0.2) is 0 Å². The first-order chi connectivity index (χ1) is 14.2. The standard InChI is InChI=1S/C23H29NO5S/c1-23(2,3)13-10-11-14-17(12-13)30-21(18(14)22(26)29-6)24-20(25)19-15(27-4)8-7-9-16(19)28-5/h7-9,13H,10-12H2,1-6H3,(H,24,25)/t13-/m1/s1. The van der Waals surface area contributed by atoms with Gasteiger partial charge in [-0.1, -0.05) is 26.8 Å². The van der Waals surface area contributed by atoms with Crippen LogP contribution in [-0.2, 0) is 17.6 Å². The van der Waals surface area contributed by atoms with Gasteiger partial charge in [0.1, 0.15) is 22.1 Å². The zero-order chi connectivity index (χ0) is 22.1. The van der Waals surface area contributed by atoms with E-state index in [0.29, 0.717) is 28.0 Å². The van der Waals surface area contributed by atoms with Crippen molar-refractivity contribution in [2.45, 2.75) is 40.0 Å². The van der Waals surface area contributed by atoms with E-state index in [9.17, 15) is 9.59 Å². The lowest BCUT2D eigenvalue weighted by molar-refractivity contribution is 0.0600. The molecule has 7 heteroatoms. The summed E-state index contributed by atoms with van der Waals surface area (Å²) in [6.07, 6.45) is 2.69. The number of rotatable bonds is 5. The molecular weight excluding hydrogens is 402 g/mol. The molecule has 1 aliphatic carbocycles. The minimum absolute atomic E-state index is 0.182. The van der Waals surface area contributed by atoms with Crippen molar-refractivity contribution in [2.24, 2.45) is 11.3 Å². The van der Waals surface area contributed by atoms with Crippen molar-refractivity contribution in [3.63, 3.8) is 0 Å². The Kier molecular flexibility index (Phi) is 6.41. The van der Waals surface area contributed by atoms with Crippen molar-refractivity contribution >= 4 is 28.2 Å². The van der Waals surface area contributed by atoms with E-state index < -0.39 is 5.97 Å². The minimum atomic E-state index is -0.427. The summed E-state index contributed by atoms with van der Waals surface area (Å²) in [7, 11) is 4.37. The SMILES string of the molecule is COC(=O)c1c(NC(=O)c2c(OC)cccc2OC)sc2c1CC[C@@H](C(C)(C)C)C2. The maximum absolute atomic E-state index is 13.2. The average molecular weight is 432 g/mol. The number of carbonyl (C=O) groups excluding carboxylic acids is 2. The second-order valence-electron chi connectivity index (χ2n) is 8.50. The largest absolute Gasteiger partial charge is 0.496 e. The Bertz CT molecular complexity index is 935. The van der Waals surface area contributed by atoms with Crippen LogP contribution in [0.3, 0.4) is 0 Å². The highest BCUT2D eigenvalue weighted by Crippen LogP contribution is 2.45. The number of methoxy groups -OCH3 is 3. The fourth-order valence-corrected chi connectivity index (χ4v) is 5.28. The molecule has 2 aromatic rings. The Morgan fingerprint density at radius 3 is 2.23 bits per heavy atom. The number of ether oxygens (including phenoxy) is 3. The lowest BCUT2D eigenvalue weighted by atomic mass is 9.72. The van der Waals surface area contributed by atoms with Crippen LogP contribution < -0.4 is 14.8 Å². The van der Waals surface area contributed by atoms with Crippen LogP contribution in [0.4, 0.5) is 5.00 Å². The van der Waals surface area contributed by atoms with Crippen LogP contribution in [0.5, 0.6) is 11.5 Å². The van der Waals surface area contributed by atoms with Gasteiger partial charge in [-0.3, -0.25) is 4.79 Å². The highest BCUT2D eigenvalue weighted by Gasteiger charge is 2.34. The van der Waals surface area contributed by atoms with E-state index in [1.165, 1.54) is 32.7 Å². The molecule has 30 heavy (non-hydrogen) atoms. The third kappa shape index (κ3) is 4.17. The number of fused-ring (bicyclic) bond motifs is 1. The van der Waals surface area contributed by atoms with E-state index in [1.807, 2.05) is 0 Å². The predicted molar refractivity (Wildman–Crippen MR) is 118 cm³/mol. The molecule has 1 atom stereocenters. The third-order valence-electron chi connectivity index (χ3n) is 5.76. The van der Waals surface area contributed by atoms with Crippen LogP contribution in [0.1, 0.15) is 58.3 Å². The molecule has 0 saturated heterocycles. The van der Waals surface area contributed by atoms with Crippen LogP contribution >= 0.6 is 11.3 Å². The van der Waals surface area contributed by atoms with Crippen molar-refractivity contribution in [1.29, 1.82) is 0 Å². The lowest BCUT2D eigenvalue weighted by Gasteiger charge is -2.33. The number of nitrogens with one attached hydrogen (secondary N) is 1. The van der Waals surface area contributed by atoms with Crippen molar-refractivity contribution in [2.75, 3.05) is 26.6 Å². The zero-order valence-electron chi connectivity index (χ0n) is 18.4. The van der Waals surface area contributed by atoms with Crippen molar-refractivity contribution in [3.8, 4) is 11.5 Å². The summed E-state index contributed by atoms with van der Waals surface area (Å²) in [5.41, 5.74) is 1.93. The summed E-state index contributed by atoms with van der Waals surface area (Å²) in [4.78, 5) is 26.9. The number of anilines is 1. The zero-order valence-corrected chi connectivity index (χ0v) is 19.2. The number of benzene rings is 1. The topological polar surface area (TPSA) is 73.9 Å². The van der Waals surface area contributed by atoms with Gasteiger partial charge in [-0.2, -0.15) is 0 Å². The second kappa shape index (κ2) is 8.68. The molecule has 0 spiro atoms. The molecule has 0 saturated carbocycles. The number of hydrogen-bond donors (Lipinski definition) is 1. The van der Waals surface area contributed by atoms with Crippen molar-refractivity contribution in [1.82, 2.24) is 0 Å². The van der Waals surface area contributed by atoms with E-state index in [1.54, 1.807) is 18.2 Å². The fourth-order valence-electron chi connectivity index (χ4n) is 3.97. The Morgan fingerprint density at radius 2 is 1.70 bits per heavy atom. The lowest BCUT2D eigenvalue weighted by Crippen LogP contribution is -2.26. The summed E-state index contributed by atoms with van der Waals surface area (Å²) in [5.74, 6) is 0.512. The molecule has 1 aromatic heterocycles. The third-order valence-corrected chi connectivity index (χ3v) is 6.93. The number of amides is 1. The summed E-state index contributed by atoms with van der Waals surface area (Å²) in [6, 6.07) is 5.16. The molecule has 0 aliphatic heterocycles. The Balaban J connectivity index is 2.00. The van der Waals surface area contributed by atoms with Crippen LogP contribution in [0.15, 0.2) is 18.2 Å². The molecule has 0 unspecified atom stereocenters. The summed E-state index contributed by atoms with van der Waals surface area (Å²) in [6.45, 7) is 6.73. The first-order valence-electron chi connectivity index (χ1n) is 9.96. The van der Waals surface area contributed by atoms with Crippen LogP contribution in [0, 0.1) is 11.3 Å². The maximum Gasteiger partial charge on any atom is 0.341 e. The van der Waals surface area contributed by atoms with Gasteiger partial charge in [-0.25, -0.2) is 4.79 Å². The molecule has 1 aliphatic rings. The van der Waals surface area contributed by atoms with E-state index in [0.717, 1.165) is 29.7 Å². The summed E-state index contributed by atoms with van der Waals surface area (Å²) < 4.78 is 15.7. The van der Waals surface area contributed by atoms with E-state index >= 15 is 0 Å². The van der Waals surface area contributed by atoms with Crippen LogP contribution in [0.2, 0.25) is 0 Å². The first kappa shape index (κ1) is 22.2. The van der Waals surface area contributed by atoms with Gasteiger partial charge >= 0.3 is 5.97 Å². The number of carbonyl (C=O) groups is 2. The molecule has 1 N–H and O–H groups in total. The Labute approximate surface area is 181 Å². The van der Waals surface area contributed by atoms with E-state index in [4.69, 9.17) is 14.2 Å². The highest BCUT2D eigenvalue weighted by molar-refractivity contribution is 7.17. The van der Waals surface area contributed by atoms with Crippen molar-refractivity contribution < 1.29 is 23.8 Å². The monoisotopic (exact) mass is 431 g/mol. The molecule has 0 fully saturated rings. The molecule has 1 amide bonds. The molecule has 1 heterocycles.